The van der Waals surface area contributed by atoms with Crippen LogP contribution in [0.2, 0.25) is 0 Å². The average Bonchev–Trinajstić information content (AvgIpc) is 2.80. The van der Waals surface area contributed by atoms with E-state index in [1.54, 1.807) is 45.2 Å². The molecule has 0 amide bonds. The normalized spacial score (nSPS) is 21.0. The number of Topliss-reactive ketones (excluding diaryl/α,β-unsaturated/α-hetero) is 1. The zero-order chi connectivity index (χ0) is 16.1. The van der Waals surface area contributed by atoms with E-state index >= 15 is 0 Å². The Labute approximate surface area is 128 Å². The highest BCUT2D eigenvalue weighted by Gasteiger charge is 2.40. The lowest BCUT2D eigenvalue weighted by Crippen LogP contribution is -2.31. The molecule has 0 aromatic heterocycles. The Bertz CT molecular complexity index is 620. The van der Waals surface area contributed by atoms with E-state index < -0.39 is 17.9 Å². The van der Waals surface area contributed by atoms with E-state index in [1.807, 2.05) is 0 Å². The van der Waals surface area contributed by atoms with Crippen LogP contribution in [0.25, 0.3) is 0 Å². The van der Waals surface area contributed by atoms with Crippen LogP contribution in [0.15, 0.2) is 34.3 Å². The summed E-state index contributed by atoms with van der Waals surface area (Å²) in [6.07, 6.45) is 1.45. The molecule has 0 spiro atoms. The lowest BCUT2D eigenvalue weighted by Gasteiger charge is -2.08. The molecule has 0 saturated heterocycles. The van der Waals surface area contributed by atoms with Crippen molar-refractivity contribution in [3.63, 3.8) is 0 Å². The predicted molar refractivity (Wildman–Crippen MR) is 83.2 cm³/mol. The van der Waals surface area contributed by atoms with Gasteiger partial charge in [-0.05, 0) is 38.1 Å². The molecule has 0 bridgehead atoms. The number of aliphatic imine (C=N–C) groups is 2. The highest BCUT2D eigenvalue weighted by molar-refractivity contribution is 6.27. The third-order valence-electron chi connectivity index (χ3n) is 3.30. The number of nitrogens with zero attached hydrogens (tertiary/aromatic N) is 2. The SMILES string of the molecule is CCOC(=O)C1C(=O)C(C=Nc2ccc(OC)cc2)N=C1C. The average molecular weight is 302 g/mol. The van der Waals surface area contributed by atoms with Crippen LogP contribution in [0.1, 0.15) is 13.8 Å². The van der Waals surface area contributed by atoms with E-state index in [0.29, 0.717) is 11.4 Å². The number of rotatable bonds is 5. The summed E-state index contributed by atoms with van der Waals surface area (Å²) < 4.78 is 9.97. The van der Waals surface area contributed by atoms with Gasteiger partial charge in [-0.1, -0.05) is 0 Å². The van der Waals surface area contributed by atoms with Gasteiger partial charge in [-0.2, -0.15) is 0 Å². The molecular formula is C16H18N2O4. The summed E-state index contributed by atoms with van der Waals surface area (Å²) in [5.74, 6) is -1.03. The molecule has 22 heavy (non-hydrogen) atoms. The Kier molecular flexibility index (Phi) is 5.04. The summed E-state index contributed by atoms with van der Waals surface area (Å²) in [5, 5.41) is 0. The van der Waals surface area contributed by atoms with Crippen molar-refractivity contribution >= 4 is 29.4 Å². The van der Waals surface area contributed by atoms with Crippen molar-refractivity contribution in [2.45, 2.75) is 19.9 Å². The number of methoxy groups -OCH3 is 1. The predicted octanol–water partition coefficient (Wildman–Crippen LogP) is 1.99. The van der Waals surface area contributed by atoms with Crippen LogP contribution in [0.3, 0.4) is 0 Å². The minimum Gasteiger partial charge on any atom is -0.497 e. The Balaban J connectivity index is 2.08. The van der Waals surface area contributed by atoms with Gasteiger partial charge >= 0.3 is 5.97 Å². The smallest absolute Gasteiger partial charge is 0.322 e. The first-order valence-electron chi connectivity index (χ1n) is 6.99. The maximum Gasteiger partial charge on any atom is 0.322 e. The number of carbonyl (C=O) groups is 2. The molecule has 116 valence electrons. The first-order chi connectivity index (χ1) is 10.6. The minimum absolute atomic E-state index is 0.237. The number of ketones is 1. The number of hydrogen-bond donors (Lipinski definition) is 0. The maximum absolute atomic E-state index is 12.2. The van der Waals surface area contributed by atoms with E-state index in [4.69, 9.17) is 9.47 Å². The first kappa shape index (κ1) is 15.9. The van der Waals surface area contributed by atoms with Crippen LogP contribution in [-0.2, 0) is 14.3 Å². The van der Waals surface area contributed by atoms with Crippen molar-refractivity contribution in [1.82, 2.24) is 0 Å². The standard InChI is InChI=1S/C16H18N2O4/c1-4-22-16(20)14-10(2)18-13(15(14)19)9-17-11-5-7-12(21-3)8-6-11/h5-9,13-14H,4H2,1-3H3. The molecule has 0 radical (unpaired) electrons. The quantitative estimate of drug-likeness (QED) is 0.473. The number of ether oxygens (including phenoxy) is 2. The van der Waals surface area contributed by atoms with E-state index in [1.165, 1.54) is 6.21 Å². The fourth-order valence-corrected chi connectivity index (χ4v) is 2.18. The Hall–Kier alpha value is -2.50. The maximum atomic E-state index is 12.2. The van der Waals surface area contributed by atoms with Crippen molar-refractivity contribution in [3.8, 4) is 5.75 Å². The van der Waals surface area contributed by atoms with Gasteiger partial charge in [0, 0.05) is 11.9 Å². The van der Waals surface area contributed by atoms with Crippen LogP contribution in [0, 0.1) is 5.92 Å². The van der Waals surface area contributed by atoms with Crippen molar-refractivity contribution in [3.05, 3.63) is 24.3 Å². The Morgan fingerprint density at radius 3 is 2.64 bits per heavy atom. The molecule has 2 rings (SSSR count). The molecule has 0 saturated carbocycles. The highest BCUT2D eigenvalue weighted by atomic mass is 16.5. The largest absolute Gasteiger partial charge is 0.497 e. The summed E-state index contributed by atoms with van der Waals surface area (Å²) in [4.78, 5) is 32.4. The minimum atomic E-state index is -0.910. The zero-order valence-corrected chi connectivity index (χ0v) is 12.8. The molecule has 6 nitrogen and oxygen atoms in total. The van der Waals surface area contributed by atoms with Gasteiger partial charge in [-0.25, -0.2) is 0 Å². The molecule has 2 atom stereocenters. The third-order valence-corrected chi connectivity index (χ3v) is 3.30. The number of benzene rings is 1. The second-order valence-corrected chi connectivity index (χ2v) is 4.78. The molecule has 0 fully saturated rings. The van der Waals surface area contributed by atoms with E-state index in [2.05, 4.69) is 9.98 Å². The second-order valence-electron chi connectivity index (χ2n) is 4.78. The monoisotopic (exact) mass is 302 g/mol. The van der Waals surface area contributed by atoms with Crippen molar-refractivity contribution in [1.29, 1.82) is 0 Å². The molecule has 6 heteroatoms. The fraction of sp³-hybridized carbons (Fsp3) is 0.375. The fourth-order valence-electron chi connectivity index (χ4n) is 2.18. The number of esters is 1. The van der Waals surface area contributed by atoms with E-state index in [-0.39, 0.29) is 12.4 Å². The van der Waals surface area contributed by atoms with Gasteiger partial charge in [0.2, 0.25) is 0 Å². The van der Waals surface area contributed by atoms with Crippen LogP contribution in [-0.4, -0.2) is 43.4 Å². The number of carbonyl (C=O) groups excluding carboxylic acids is 2. The molecule has 1 aromatic rings. The van der Waals surface area contributed by atoms with Crippen LogP contribution in [0.4, 0.5) is 5.69 Å². The van der Waals surface area contributed by atoms with Gasteiger partial charge in [0.25, 0.3) is 0 Å². The Morgan fingerprint density at radius 1 is 1.36 bits per heavy atom. The van der Waals surface area contributed by atoms with E-state index in [9.17, 15) is 9.59 Å². The summed E-state index contributed by atoms with van der Waals surface area (Å²) >= 11 is 0. The first-order valence-corrected chi connectivity index (χ1v) is 6.99. The molecular weight excluding hydrogens is 284 g/mol. The molecule has 0 N–H and O–H groups in total. The summed E-state index contributed by atoms with van der Waals surface area (Å²) in [6, 6.07) is 6.36. The van der Waals surface area contributed by atoms with Gasteiger partial charge in [-0.3, -0.25) is 19.6 Å². The van der Waals surface area contributed by atoms with Gasteiger partial charge in [0.1, 0.15) is 11.8 Å². The Morgan fingerprint density at radius 2 is 2.05 bits per heavy atom. The van der Waals surface area contributed by atoms with Crippen LogP contribution in [0.5, 0.6) is 5.75 Å². The zero-order valence-electron chi connectivity index (χ0n) is 12.8. The van der Waals surface area contributed by atoms with Gasteiger partial charge in [0.05, 0.1) is 19.4 Å². The summed E-state index contributed by atoms with van der Waals surface area (Å²) in [7, 11) is 1.59. The van der Waals surface area contributed by atoms with Crippen molar-refractivity contribution in [2.75, 3.05) is 13.7 Å². The van der Waals surface area contributed by atoms with Gasteiger partial charge in [-0.15, -0.1) is 0 Å². The molecule has 2 unspecified atom stereocenters. The topological polar surface area (TPSA) is 77.3 Å². The van der Waals surface area contributed by atoms with Crippen molar-refractivity contribution < 1.29 is 19.1 Å². The molecule has 1 aromatic carbocycles. The molecule has 1 aliphatic rings. The van der Waals surface area contributed by atoms with Gasteiger partial charge in [0.15, 0.2) is 11.7 Å². The highest BCUT2D eigenvalue weighted by Crippen LogP contribution is 2.20. The lowest BCUT2D eigenvalue weighted by molar-refractivity contribution is -0.148. The lowest BCUT2D eigenvalue weighted by atomic mass is 9.99. The molecule has 1 aliphatic heterocycles. The van der Waals surface area contributed by atoms with Crippen molar-refractivity contribution in [2.24, 2.45) is 15.9 Å². The van der Waals surface area contributed by atoms with Crippen LogP contribution < -0.4 is 4.74 Å². The van der Waals surface area contributed by atoms with Gasteiger partial charge < -0.3 is 9.47 Å². The molecule has 1 heterocycles. The van der Waals surface area contributed by atoms with Crippen LogP contribution >= 0.6 is 0 Å². The second kappa shape index (κ2) is 6.98. The number of hydrogen-bond acceptors (Lipinski definition) is 6. The summed E-state index contributed by atoms with van der Waals surface area (Å²) in [6.45, 7) is 3.59. The van der Waals surface area contributed by atoms with E-state index in [0.717, 1.165) is 5.75 Å². The molecule has 0 aliphatic carbocycles. The summed E-state index contributed by atoms with van der Waals surface area (Å²) in [5.41, 5.74) is 1.15. The third kappa shape index (κ3) is 3.39.